The molecule has 2 rings (SSSR count). The molecular formula is C13H19N3O2. The normalized spacial score (nSPS) is 23.3. The highest BCUT2D eigenvalue weighted by Gasteiger charge is 2.31. The second kappa shape index (κ2) is 5.35. The zero-order chi connectivity index (χ0) is 13.1. The number of hydrogen-bond donors (Lipinski definition) is 1. The topological polar surface area (TPSA) is 68.3 Å². The standard InChI is InChI=1S/C13H19N3O2/c1-10-6-11(7-14)8-16(10)13(18)9-15-5-3-2-4-12(15)17/h2-5,10-11H,6-9,14H2,1H3. The van der Waals surface area contributed by atoms with Crippen molar-refractivity contribution in [3.05, 3.63) is 34.7 Å². The monoisotopic (exact) mass is 249 g/mol. The average Bonchev–Trinajstić information content (AvgIpc) is 2.73. The van der Waals surface area contributed by atoms with Crippen LogP contribution in [0, 0.1) is 5.92 Å². The van der Waals surface area contributed by atoms with Crippen LogP contribution in [0.1, 0.15) is 13.3 Å². The number of hydrogen-bond acceptors (Lipinski definition) is 3. The molecule has 98 valence electrons. The molecule has 0 aromatic carbocycles. The van der Waals surface area contributed by atoms with Gasteiger partial charge in [0.1, 0.15) is 6.54 Å². The highest BCUT2D eigenvalue weighted by molar-refractivity contribution is 5.76. The molecule has 1 aliphatic rings. The van der Waals surface area contributed by atoms with Crippen LogP contribution < -0.4 is 11.3 Å². The minimum absolute atomic E-state index is 0.00764. The van der Waals surface area contributed by atoms with Crippen LogP contribution in [0.5, 0.6) is 0 Å². The summed E-state index contributed by atoms with van der Waals surface area (Å²) in [6.07, 6.45) is 2.59. The summed E-state index contributed by atoms with van der Waals surface area (Å²) < 4.78 is 1.44. The van der Waals surface area contributed by atoms with E-state index in [1.807, 2.05) is 11.8 Å². The molecule has 1 aromatic rings. The Morgan fingerprint density at radius 3 is 2.89 bits per heavy atom. The number of carbonyl (C=O) groups excluding carboxylic acids is 1. The van der Waals surface area contributed by atoms with Crippen molar-refractivity contribution in [1.82, 2.24) is 9.47 Å². The van der Waals surface area contributed by atoms with Gasteiger partial charge in [-0.25, -0.2) is 0 Å². The third-order valence-electron chi connectivity index (χ3n) is 3.52. The van der Waals surface area contributed by atoms with Crippen molar-refractivity contribution >= 4 is 5.91 Å². The summed E-state index contributed by atoms with van der Waals surface area (Å²) in [6, 6.07) is 5.10. The predicted molar refractivity (Wildman–Crippen MR) is 69.0 cm³/mol. The Kier molecular flexibility index (Phi) is 3.81. The van der Waals surface area contributed by atoms with Gasteiger partial charge in [0, 0.05) is 24.8 Å². The van der Waals surface area contributed by atoms with Gasteiger partial charge in [0.05, 0.1) is 0 Å². The average molecular weight is 249 g/mol. The molecule has 1 aromatic heterocycles. The van der Waals surface area contributed by atoms with Gasteiger partial charge < -0.3 is 15.2 Å². The maximum absolute atomic E-state index is 12.2. The minimum atomic E-state index is -0.145. The fourth-order valence-corrected chi connectivity index (χ4v) is 2.49. The molecule has 18 heavy (non-hydrogen) atoms. The zero-order valence-electron chi connectivity index (χ0n) is 10.6. The number of carbonyl (C=O) groups is 1. The fraction of sp³-hybridized carbons (Fsp3) is 0.538. The maximum atomic E-state index is 12.2. The van der Waals surface area contributed by atoms with Gasteiger partial charge in [0.25, 0.3) is 5.56 Å². The Morgan fingerprint density at radius 2 is 2.28 bits per heavy atom. The zero-order valence-corrected chi connectivity index (χ0v) is 10.6. The van der Waals surface area contributed by atoms with E-state index in [0.29, 0.717) is 19.0 Å². The molecule has 1 saturated heterocycles. The molecule has 2 N–H and O–H groups in total. The Morgan fingerprint density at radius 1 is 1.50 bits per heavy atom. The van der Waals surface area contributed by atoms with Gasteiger partial charge in [0.2, 0.25) is 5.91 Å². The number of likely N-dealkylation sites (tertiary alicyclic amines) is 1. The van der Waals surface area contributed by atoms with Crippen molar-refractivity contribution < 1.29 is 4.79 Å². The highest BCUT2D eigenvalue weighted by atomic mass is 16.2. The molecule has 2 atom stereocenters. The van der Waals surface area contributed by atoms with Gasteiger partial charge in [-0.1, -0.05) is 6.07 Å². The lowest BCUT2D eigenvalue weighted by atomic mass is 10.1. The molecule has 5 nitrogen and oxygen atoms in total. The van der Waals surface area contributed by atoms with Gasteiger partial charge in [-0.15, -0.1) is 0 Å². The second-order valence-corrected chi connectivity index (χ2v) is 4.90. The van der Waals surface area contributed by atoms with Crippen LogP contribution in [0.15, 0.2) is 29.2 Å². The fourth-order valence-electron chi connectivity index (χ4n) is 2.49. The molecule has 5 heteroatoms. The lowest BCUT2D eigenvalue weighted by molar-refractivity contribution is -0.132. The molecule has 2 heterocycles. The van der Waals surface area contributed by atoms with Gasteiger partial charge in [-0.2, -0.15) is 0 Å². The van der Waals surface area contributed by atoms with Crippen LogP contribution in [-0.4, -0.2) is 34.5 Å². The van der Waals surface area contributed by atoms with Crippen molar-refractivity contribution in [3.63, 3.8) is 0 Å². The lowest BCUT2D eigenvalue weighted by Gasteiger charge is -2.21. The van der Waals surface area contributed by atoms with Gasteiger partial charge >= 0.3 is 0 Å². The second-order valence-electron chi connectivity index (χ2n) is 4.90. The van der Waals surface area contributed by atoms with Crippen LogP contribution in [0.4, 0.5) is 0 Å². The van der Waals surface area contributed by atoms with Gasteiger partial charge in [0.15, 0.2) is 0 Å². The highest BCUT2D eigenvalue weighted by Crippen LogP contribution is 2.22. The van der Waals surface area contributed by atoms with Crippen LogP contribution in [0.25, 0.3) is 0 Å². The third kappa shape index (κ3) is 2.61. The summed E-state index contributed by atoms with van der Waals surface area (Å²) >= 11 is 0. The van der Waals surface area contributed by atoms with Crippen molar-refractivity contribution in [1.29, 1.82) is 0 Å². The Hall–Kier alpha value is -1.62. The molecule has 0 radical (unpaired) electrons. The summed E-state index contributed by atoms with van der Waals surface area (Å²) in [7, 11) is 0. The lowest BCUT2D eigenvalue weighted by Crippen LogP contribution is -2.38. The smallest absolute Gasteiger partial charge is 0.250 e. The molecule has 1 fully saturated rings. The van der Waals surface area contributed by atoms with Crippen LogP contribution >= 0.6 is 0 Å². The number of amides is 1. The van der Waals surface area contributed by atoms with E-state index in [2.05, 4.69) is 0 Å². The van der Waals surface area contributed by atoms with Gasteiger partial charge in [-0.3, -0.25) is 9.59 Å². The summed E-state index contributed by atoms with van der Waals surface area (Å²) in [5.74, 6) is 0.378. The van der Waals surface area contributed by atoms with E-state index in [1.54, 1.807) is 18.3 Å². The number of nitrogens with two attached hydrogens (primary N) is 1. The van der Waals surface area contributed by atoms with E-state index in [0.717, 1.165) is 6.42 Å². The van der Waals surface area contributed by atoms with E-state index >= 15 is 0 Å². The molecule has 0 spiro atoms. The largest absolute Gasteiger partial charge is 0.338 e. The van der Waals surface area contributed by atoms with Crippen molar-refractivity contribution in [2.24, 2.45) is 11.7 Å². The first-order valence-electron chi connectivity index (χ1n) is 6.27. The quantitative estimate of drug-likeness (QED) is 0.822. The number of pyridine rings is 1. The van der Waals surface area contributed by atoms with Crippen molar-refractivity contribution in [3.8, 4) is 0 Å². The Balaban J connectivity index is 2.05. The Labute approximate surface area is 106 Å². The molecular weight excluding hydrogens is 230 g/mol. The molecule has 0 bridgehead atoms. The first-order valence-corrected chi connectivity index (χ1v) is 6.27. The summed E-state index contributed by atoms with van der Waals surface area (Å²) in [4.78, 5) is 25.5. The first-order chi connectivity index (χ1) is 8.61. The van der Waals surface area contributed by atoms with E-state index in [1.165, 1.54) is 10.6 Å². The van der Waals surface area contributed by atoms with Crippen molar-refractivity contribution in [2.75, 3.05) is 13.1 Å². The molecule has 2 unspecified atom stereocenters. The maximum Gasteiger partial charge on any atom is 0.250 e. The number of nitrogens with zero attached hydrogens (tertiary/aromatic N) is 2. The van der Waals surface area contributed by atoms with Crippen LogP contribution in [0.2, 0.25) is 0 Å². The van der Waals surface area contributed by atoms with Crippen molar-refractivity contribution in [2.45, 2.75) is 25.9 Å². The molecule has 1 amide bonds. The predicted octanol–water partition coefficient (Wildman–Crippen LogP) is 0.0440. The summed E-state index contributed by atoms with van der Waals surface area (Å²) in [6.45, 7) is 3.46. The van der Waals surface area contributed by atoms with E-state index in [-0.39, 0.29) is 24.1 Å². The SMILES string of the molecule is CC1CC(CN)CN1C(=O)Cn1ccccc1=O. The molecule has 0 aliphatic carbocycles. The first kappa shape index (κ1) is 12.8. The van der Waals surface area contributed by atoms with E-state index < -0.39 is 0 Å². The minimum Gasteiger partial charge on any atom is -0.338 e. The van der Waals surface area contributed by atoms with E-state index in [9.17, 15) is 9.59 Å². The summed E-state index contributed by atoms with van der Waals surface area (Å²) in [5, 5.41) is 0. The summed E-state index contributed by atoms with van der Waals surface area (Å²) in [5.41, 5.74) is 5.50. The van der Waals surface area contributed by atoms with Gasteiger partial charge in [-0.05, 0) is 31.9 Å². The molecule has 1 aliphatic heterocycles. The van der Waals surface area contributed by atoms with Crippen LogP contribution in [0.3, 0.4) is 0 Å². The number of rotatable bonds is 3. The number of aromatic nitrogens is 1. The van der Waals surface area contributed by atoms with Crippen LogP contribution in [-0.2, 0) is 11.3 Å². The molecule has 0 saturated carbocycles. The Bertz CT molecular complexity index is 483. The van der Waals surface area contributed by atoms with E-state index in [4.69, 9.17) is 5.73 Å². The third-order valence-corrected chi connectivity index (χ3v) is 3.52.